The van der Waals surface area contributed by atoms with Gasteiger partial charge in [-0.1, -0.05) is 0 Å². The molecule has 1 aromatic rings. The summed E-state index contributed by atoms with van der Waals surface area (Å²) in [5.41, 5.74) is 8.61. The highest BCUT2D eigenvalue weighted by atomic mass is 32.2. The normalized spacial score (nSPS) is 15.8. The van der Waals surface area contributed by atoms with E-state index in [1.165, 1.54) is 4.31 Å². The Morgan fingerprint density at radius 2 is 1.90 bits per heavy atom. The second kappa shape index (κ2) is 5.35. The lowest BCUT2D eigenvalue weighted by Gasteiger charge is -2.24. The van der Waals surface area contributed by atoms with E-state index in [2.05, 4.69) is 0 Å². The summed E-state index contributed by atoms with van der Waals surface area (Å²) in [5, 5.41) is 9.14. The van der Waals surface area contributed by atoms with Crippen molar-refractivity contribution in [1.29, 1.82) is 0 Å². The van der Waals surface area contributed by atoms with Crippen LogP contribution in [0.15, 0.2) is 11.0 Å². The zero-order valence-electron chi connectivity index (χ0n) is 12.2. The number of aliphatic hydroxyl groups excluding tert-OH is 1. The quantitative estimate of drug-likeness (QED) is 0.804. The first-order chi connectivity index (χ1) is 9.30. The fraction of sp³-hybridized carbons (Fsp3) is 0.571. The average molecular weight is 298 g/mol. The van der Waals surface area contributed by atoms with Gasteiger partial charge in [0, 0.05) is 18.3 Å². The van der Waals surface area contributed by atoms with Gasteiger partial charge >= 0.3 is 0 Å². The van der Waals surface area contributed by atoms with Gasteiger partial charge in [-0.15, -0.1) is 0 Å². The van der Waals surface area contributed by atoms with Gasteiger partial charge < -0.3 is 10.8 Å². The maximum Gasteiger partial charge on any atom is 0.244 e. The number of anilines is 1. The molecule has 1 saturated carbocycles. The van der Waals surface area contributed by atoms with Crippen molar-refractivity contribution in [2.24, 2.45) is 0 Å². The van der Waals surface area contributed by atoms with Gasteiger partial charge in [-0.25, -0.2) is 8.42 Å². The molecule has 0 aromatic heterocycles. The van der Waals surface area contributed by atoms with Crippen molar-refractivity contribution in [1.82, 2.24) is 4.31 Å². The minimum Gasteiger partial charge on any atom is -0.398 e. The van der Waals surface area contributed by atoms with E-state index in [9.17, 15) is 8.42 Å². The van der Waals surface area contributed by atoms with Crippen LogP contribution in [0.4, 0.5) is 5.69 Å². The Labute approximate surface area is 120 Å². The summed E-state index contributed by atoms with van der Waals surface area (Å²) in [4.78, 5) is 0.301. The molecule has 0 spiro atoms. The summed E-state index contributed by atoms with van der Waals surface area (Å²) < 4.78 is 27.2. The summed E-state index contributed by atoms with van der Waals surface area (Å²) in [6, 6.07) is 1.82. The van der Waals surface area contributed by atoms with Gasteiger partial charge in [0.1, 0.15) is 0 Å². The van der Waals surface area contributed by atoms with Gasteiger partial charge in [0.2, 0.25) is 10.0 Å². The van der Waals surface area contributed by atoms with Crippen molar-refractivity contribution >= 4 is 15.7 Å². The first-order valence-corrected chi connectivity index (χ1v) is 8.23. The second-order valence-electron chi connectivity index (χ2n) is 5.43. The molecule has 1 fully saturated rings. The average Bonchev–Trinajstić information content (AvgIpc) is 3.17. The van der Waals surface area contributed by atoms with Crippen molar-refractivity contribution in [3.05, 3.63) is 22.8 Å². The fourth-order valence-electron chi connectivity index (χ4n) is 2.51. The minimum absolute atomic E-state index is 0.0210. The van der Waals surface area contributed by atoms with Gasteiger partial charge in [-0.05, 0) is 56.4 Å². The Bertz CT molecular complexity index is 596. The van der Waals surface area contributed by atoms with E-state index in [-0.39, 0.29) is 19.2 Å². The van der Waals surface area contributed by atoms with Crippen LogP contribution < -0.4 is 5.73 Å². The molecule has 6 heteroatoms. The Balaban J connectivity index is 2.59. The summed E-state index contributed by atoms with van der Waals surface area (Å²) in [5.74, 6) is 0. The van der Waals surface area contributed by atoms with Gasteiger partial charge in [-0.2, -0.15) is 4.31 Å². The van der Waals surface area contributed by atoms with Crippen LogP contribution >= 0.6 is 0 Å². The van der Waals surface area contributed by atoms with E-state index in [4.69, 9.17) is 10.8 Å². The van der Waals surface area contributed by atoms with Crippen LogP contribution in [0, 0.1) is 20.8 Å². The summed E-state index contributed by atoms with van der Waals surface area (Å²) in [6.45, 7) is 5.36. The monoisotopic (exact) mass is 298 g/mol. The smallest absolute Gasteiger partial charge is 0.244 e. The van der Waals surface area contributed by atoms with Crippen LogP contribution in [0.2, 0.25) is 0 Å². The molecule has 0 atom stereocenters. The number of rotatable bonds is 5. The molecule has 0 saturated heterocycles. The van der Waals surface area contributed by atoms with Crippen molar-refractivity contribution in [3.8, 4) is 0 Å². The van der Waals surface area contributed by atoms with Crippen LogP contribution in [-0.4, -0.2) is 37.0 Å². The first kappa shape index (κ1) is 15.3. The summed E-state index contributed by atoms with van der Waals surface area (Å²) >= 11 is 0. The van der Waals surface area contributed by atoms with Gasteiger partial charge in [-0.3, -0.25) is 0 Å². The van der Waals surface area contributed by atoms with E-state index in [1.54, 1.807) is 19.9 Å². The molecule has 3 N–H and O–H groups in total. The largest absolute Gasteiger partial charge is 0.398 e. The third kappa shape index (κ3) is 2.55. The number of sulfonamides is 1. The van der Waals surface area contributed by atoms with E-state index >= 15 is 0 Å². The number of hydrogen-bond donors (Lipinski definition) is 2. The number of benzene rings is 1. The number of aryl methyl sites for hydroxylation is 1. The Hall–Kier alpha value is -1.11. The molecule has 5 nitrogen and oxygen atoms in total. The highest BCUT2D eigenvalue weighted by Crippen LogP contribution is 2.36. The molecule has 0 radical (unpaired) electrons. The van der Waals surface area contributed by atoms with Crippen molar-refractivity contribution in [2.75, 3.05) is 18.9 Å². The SMILES string of the molecule is Cc1cc(N)c(C)c(S(=O)(=O)N(CCO)C2CC2)c1C. The molecule has 1 aliphatic rings. The maximum atomic E-state index is 12.9. The van der Waals surface area contributed by atoms with Crippen molar-refractivity contribution in [2.45, 2.75) is 44.6 Å². The predicted octanol–water partition coefficient (Wildman–Crippen LogP) is 1.34. The number of nitrogen functional groups attached to an aromatic ring is 1. The topological polar surface area (TPSA) is 83.6 Å². The van der Waals surface area contributed by atoms with E-state index in [0.29, 0.717) is 16.1 Å². The van der Waals surface area contributed by atoms with Gasteiger partial charge in [0.05, 0.1) is 11.5 Å². The van der Waals surface area contributed by atoms with Gasteiger partial charge in [0.15, 0.2) is 0 Å². The third-order valence-corrected chi connectivity index (χ3v) is 6.15. The highest BCUT2D eigenvalue weighted by Gasteiger charge is 2.39. The maximum absolute atomic E-state index is 12.9. The molecule has 1 aliphatic carbocycles. The minimum atomic E-state index is -3.61. The van der Waals surface area contributed by atoms with Crippen LogP contribution in [0.1, 0.15) is 29.5 Å². The van der Waals surface area contributed by atoms with E-state index in [1.807, 2.05) is 6.92 Å². The number of aliphatic hydroxyl groups is 1. The lowest BCUT2D eigenvalue weighted by Crippen LogP contribution is -2.36. The molecule has 0 amide bonds. The highest BCUT2D eigenvalue weighted by molar-refractivity contribution is 7.89. The fourth-order valence-corrected chi connectivity index (χ4v) is 4.72. The van der Waals surface area contributed by atoms with Crippen molar-refractivity contribution < 1.29 is 13.5 Å². The molecule has 2 rings (SSSR count). The number of nitrogens with zero attached hydrogens (tertiary/aromatic N) is 1. The lowest BCUT2D eigenvalue weighted by molar-refractivity contribution is 0.250. The molecular weight excluding hydrogens is 276 g/mol. The molecule has 0 bridgehead atoms. The standard InChI is InChI=1S/C14H22N2O3S/c1-9-8-13(15)11(3)14(10(9)2)20(18,19)16(6-7-17)12-4-5-12/h8,12,17H,4-7,15H2,1-3H3. The summed E-state index contributed by atoms with van der Waals surface area (Å²) in [7, 11) is -3.61. The molecule has 0 unspecified atom stereocenters. The van der Waals surface area contributed by atoms with E-state index < -0.39 is 10.0 Å². The molecule has 112 valence electrons. The zero-order valence-corrected chi connectivity index (χ0v) is 13.0. The Kier molecular flexibility index (Phi) is 4.09. The Morgan fingerprint density at radius 3 is 2.40 bits per heavy atom. The molecule has 1 aromatic carbocycles. The lowest BCUT2D eigenvalue weighted by atomic mass is 10.1. The van der Waals surface area contributed by atoms with Crippen LogP contribution in [0.3, 0.4) is 0 Å². The van der Waals surface area contributed by atoms with Crippen LogP contribution in [0.25, 0.3) is 0 Å². The Morgan fingerprint density at radius 1 is 1.30 bits per heavy atom. The molecule has 0 aliphatic heterocycles. The number of nitrogens with two attached hydrogens (primary N) is 1. The number of hydrogen-bond acceptors (Lipinski definition) is 4. The third-order valence-electron chi connectivity index (χ3n) is 3.92. The predicted molar refractivity (Wildman–Crippen MR) is 79.1 cm³/mol. The summed E-state index contributed by atoms with van der Waals surface area (Å²) in [6.07, 6.45) is 1.72. The first-order valence-electron chi connectivity index (χ1n) is 6.79. The molecular formula is C14H22N2O3S. The zero-order chi connectivity index (χ0) is 15.1. The van der Waals surface area contributed by atoms with E-state index in [0.717, 1.165) is 24.0 Å². The second-order valence-corrected chi connectivity index (χ2v) is 7.26. The van der Waals surface area contributed by atoms with Gasteiger partial charge in [0.25, 0.3) is 0 Å². The molecule has 20 heavy (non-hydrogen) atoms. The van der Waals surface area contributed by atoms with Crippen LogP contribution in [0.5, 0.6) is 0 Å². The van der Waals surface area contributed by atoms with Crippen molar-refractivity contribution in [3.63, 3.8) is 0 Å². The van der Waals surface area contributed by atoms with Crippen LogP contribution in [-0.2, 0) is 10.0 Å². The molecule has 0 heterocycles.